The van der Waals surface area contributed by atoms with Gasteiger partial charge in [0.1, 0.15) is 5.69 Å². The molecule has 6 nitrogen and oxygen atoms in total. The van der Waals surface area contributed by atoms with Crippen LogP contribution in [0.25, 0.3) is 0 Å². The van der Waals surface area contributed by atoms with Crippen LogP contribution in [-0.4, -0.2) is 22.2 Å². The predicted octanol–water partition coefficient (Wildman–Crippen LogP) is 3.24. The van der Waals surface area contributed by atoms with Gasteiger partial charge in [-0.25, -0.2) is 0 Å². The first-order chi connectivity index (χ1) is 11.3. The Morgan fingerprint density at radius 2 is 1.92 bits per heavy atom. The Morgan fingerprint density at radius 1 is 1.25 bits per heavy atom. The van der Waals surface area contributed by atoms with Gasteiger partial charge in [-0.3, -0.25) is 10.1 Å². The molecule has 2 aromatic rings. The van der Waals surface area contributed by atoms with Gasteiger partial charge in [0.05, 0.1) is 22.2 Å². The minimum absolute atomic E-state index is 0.144. The zero-order chi connectivity index (χ0) is 17.7. The molecule has 0 amide bonds. The highest BCUT2D eigenvalue weighted by atomic mass is 16.6. The van der Waals surface area contributed by atoms with Gasteiger partial charge in [-0.05, 0) is 31.5 Å². The van der Waals surface area contributed by atoms with E-state index >= 15 is 0 Å². The van der Waals surface area contributed by atoms with Crippen LogP contribution in [0.1, 0.15) is 25.0 Å². The van der Waals surface area contributed by atoms with Gasteiger partial charge in [-0.1, -0.05) is 30.3 Å². The summed E-state index contributed by atoms with van der Waals surface area (Å²) in [6.45, 7) is 3.94. The topological polar surface area (TPSA) is 90.4 Å². The van der Waals surface area contributed by atoms with E-state index in [0.717, 1.165) is 5.56 Å². The first kappa shape index (κ1) is 17.4. The average Bonchev–Trinajstić information content (AvgIpc) is 2.53. The number of nitro benzene ring substituents is 1. The van der Waals surface area contributed by atoms with Gasteiger partial charge in [0, 0.05) is 19.2 Å². The second-order valence-corrected chi connectivity index (χ2v) is 6.23. The van der Waals surface area contributed by atoms with Gasteiger partial charge in [-0.15, -0.1) is 0 Å². The minimum Gasteiger partial charge on any atom is -0.389 e. The number of nitro groups is 1. The Bertz CT molecular complexity index is 761. The number of nitriles is 1. The Kier molecular flexibility index (Phi) is 5.17. The quantitative estimate of drug-likeness (QED) is 0.650. The normalized spacial score (nSPS) is 10.9. The first-order valence-corrected chi connectivity index (χ1v) is 7.50. The van der Waals surface area contributed by atoms with E-state index in [9.17, 15) is 15.2 Å². The van der Waals surface area contributed by atoms with Crippen LogP contribution in [0.15, 0.2) is 48.5 Å². The molecule has 2 rings (SSSR count). The second kappa shape index (κ2) is 7.11. The van der Waals surface area contributed by atoms with Gasteiger partial charge >= 0.3 is 0 Å². The van der Waals surface area contributed by atoms with Crippen molar-refractivity contribution in [2.24, 2.45) is 0 Å². The van der Waals surface area contributed by atoms with Crippen LogP contribution in [0.2, 0.25) is 0 Å². The van der Waals surface area contributed by atoms with Crippen LogP contribution in [-0.2, 0) is 6.54 Å². The molecule has 0 spiro atoms. The fourth-order valence-corrected chi connectivity index (χ4v) is 2.50. The average molecular weight is 325 g/mol. The molecule has 2 aromatic carbocycles. The SMILES string of the molecule is CC(C)(O)CN(Cc1ccccc1)c1ccc(C#N)cc1[N+](=O)[O-]. The third kappa shape index (κ3) is 4.54. The molecular formula is C18H19N3O3. The molecule has 0 saturated heterocycles. The second-order valence-electron chi connectivity index (χ2n) is 6.23. The lowest BCUT2D eigenvalue weighted by molar-refractivity contribution is -0.384. The van der Waals surface area contributed by atoms with Crippen LogP contribution in [0, 0.1) is 21.4 Å². The maximum Gasteiger partial charge on any atom is 0.293 e. The van der Waals surface area contributed by atoms with Gasteiger partial charge in [0.15, 0.2) is 0 Å². The third-order valence-electron chi connectivity index (χ3n) is 3.44. The van der Waals surface area contributed by atoms with Crippen molar-refractivity contribution in [1.29, 1.82) is 5.26 Å². The predicted molar refractivity (Wildman–Crippen MR) is 91.6 cm³/mol. The number of nitrogens with zero attached hydrogens (tertiary/aromatic N) is 3. The van der Waals surface area contributed by atoms with Gasteiger partial charge < -0.3 is 10.0 Å². The molecule has 0 aromatic heterocycles. The number of anilines is 1. The van der Waals surface area contributed by atoms with E-state index in [2.05, 4.69) is 0 Å². The van der Waals surface area contributed by atoms with Crippen molar-refractivity contribution in [3.05, 3.63) is 69.8 Å². The molecular weight excluding hydrogens is 306 g/mol. The summed E-state index contributed by atoms with van der Waals surface area (Å²) in [5.41, 5.74) is 0.407. The van der Waals surface area contributed by atoms with E-state index in [1.165, 1.54) is 6.07 Å². The summed E-state index contributed by atoms with van der Waals surface area (Å²) in [7, 11) is 0. The standard InChI is InChI=1S/C18H19N3O3/c1-18(2,22)13-20(12-14-6-4-3-5-7-14)16-9-8-15(11-19)10-17(16)21(23)24/h3-10,22H,12-13H2,1-2H3. The molecule has 0 bridgehead atoms. The molecule has 0 aliphatic heterocycles. The summed E-state index contributed by atoms with van der Waals surface area (Å²) in [5, 5.41) is 30.6. The van der Waals surface area contributed by atoms with Crippen LogP contribution in [0.4, 0.5) is 11.4 Å². The Balaban J connectivity index is 2.47. The maximum atomic E-state index is 11.4. The highest BCUT2D eigenvalue weighted by Crippen LogP contribution is 2.31. The van der Waals surface area contributed by atoms with E-state index in [1.54, 1.807) is 30.9 Å². The third-order valence-corrected chi connectivity index (χ3v) is 3.44. The molecule has 0 aliphatic rings. The van der Waals surface area contributed by atoms with Crippen LogP contribution >= 0.6 is 0 Å². The van der Waals surface area contributed by atoms with E-state index in [-0.39, 0.29) is 17.8 Å². The van der Waals surface area contributed by atoms with Crippen LogP contribution < -0.4 is 4.90 Å². The summed E-state index contributed by atoms with van der Waals surface area (Å²) >= 11 is 0. The monoisotopic (exact) mass is 325 g/mol. The molecule has 0 fully saturated rings. The number of benzene rings is 2. The largest absolute Gasteiger partial charge is 0.389 e. The van der Waals surface area contributed by atoms with Gasteiger partial charge in [0.2, 0.25) is 0 Å². The minimum atomic E-state index is -1.03. The van der Waals surface area contributed by atoms with Crippen molar-refractivity contribution < 1.29 is 10.0 Å². The lowest BCUT2D eigenvalue weighted by Gasteiger charge is -2.30. The molecule has 124 valence electrons. The molecule has 0 atom stereocenters. The van der Waals surface area contributed by atoms with Gasteiger partial charge in [-0.2, -0.15) is 5.26 Å². The van der Waals surface area contributed by atoms with E-state index in [0.29, 0.717) is 12.2 Å². The molecule has 6 heteroatoms. The van der Waals surface area contributed by atoms with E-state index < -0.39 is 10.5 Å². The molecule has 0 aliphatic carbocycles. The number of aliphatic hydroxyl groups is 1. The van der Waals surface area contributed by atoms with Crippen molar-refractivity contribution in [2.45, 2.75) is 26.0 Å². The molecule has 1 N–H and O–H groups in total. The van der Waals surface area contributed by atoms with Crippen LogP contribution in [0.5, 0.6) is 0 Å². The summed E-state index contributed by atoms with van der Waals surface area (Å²) in [6.07, 6.45) is 0. The summed E-state index contributed by atoms with van der Waals surface area (Å²) < 4.78 is 0. The van der Waals surface area contributed by atoms with Crippen LogP contribution in [0.3, 0.4) is 0 Å². The number of hydrogen-bond donors (Lipinski definition) is 1. The Hall–Kier alpha value is -2.91. The summed E-state index contributed by atoms with van der Waals surface area (Å²) in [4.78, 5) is 12.7. The molecule has 0 unspecified atom stereocenters. The first-order valence-electron chi connectivity index (χ1n) is 7.50. The molecule has 0 heterocycles. The van der Waals surface area contributed by atoms with Gasteiger partial charge in [0.25, 0.3) is 5.69 Å². The zero-order valence-corrected chi connectivity index (χ0v) is 13.6. The molecule has 0 saturated carbocycles. The fourth-order valence-electron chi connectivity index (χ4n) is 2.50. The van der Waals surface area contributed by atoms with E-state index in [4.69, 9.17) is 5.26 Å². The number of hydrogen-bond acceptors (Lipinski definition) is 5. The maximum absolute atomic E-state index is 11.4. The summed E-state index contributed by atoms with van der Waals surface area (Å²) in [6, 6.07) is 15.8. The summed E-state index contributed by atoms with van der Waals surface area (Å²) in [5.74, 6) is 0. The van der Waals surface area contributed by atoms with Crippen molar-refractivity contribution in [3.8, 4) is 6.07 Å². The van der Waals surface area contributed by atoms with Crippen molar-refractivity contribution in [2.75, 3.05) is 11.4 Å². The lowest BCUT2D eigenvalue weighted by Crippen LogP contribution is -2.38. The zero-order valence-electron chi connectivity index (χ0n) is 13.6. The lowest BCUT2D eigenvalue weighted by atomic mass is 10.1. The van der Waals surface area contributed by atoms with Crippen molar-refractivity contribution in [3.63, 3.8) is 0 Å². The fraction of sp³-hybridized carbons (Fsp3) is 0.278. The highest BCUT2D eigenvalue weighted by molar-refractivity contribution is 5.66. The van der Waals surface area contributed by atoms with E-state index in [1.807, 2.05) is 36.4 Å². The van der Waals surface area contributed by atoms with Crippen molar-refractivity contribution >= 4 is 11.4 Å². The Labute approximate surface area is 140 Å². The number of rotatable bonds is 6. The highest BCUT2D eigenvalue weighted by Gasteiger charge is 2.25. The smallest absolute Gasteiger partial charge is 0.293 e. The molecule has 24 heavy (non-hydrogen) atoms. The molecule has 0 radical (unpaired) electrons. The Morgan fingerprint density at radius 3 is 2.46 bits per heavy atom. The van der Waals surface area contributed by atoms with Crippen molar-refractivity contribution in [1.82, 2.24) is 0 Å².